The Morgan fingerprint density at radius 3 is 3.17 bits per heavy atom. The van der Waals surface area contributed by atoms with Gasteiger partial charge in [0.2, 0.25) is 0 Å². The summed E-state index contributed by atoms with van der Waals surface area (Å²) in [5.41, 5.74) is 0.852. The van der Waals surface area contributed by atoms with Gasteiger partial charge in [0.25, 0.3) is 5.78 Å². The average Bonchev–Trinajstić information content (AvgIpc) is 2.83. The van der Waals surface area contributed by atoms with Crippen molar-refractivity contribution < 1.29 is 4.74 Å². The third kappa shape index (κ3) is 3.11. The summed E-state index contributed by atoms with van der Waals surface area (Å²) < 4.78 is 6.81. The molecule has 0 aliphatic rings. The fraction of sp³-hybridized carbons (Fsp3) is 0.545. The van der Waals surface area contributed by atoms with Gasteiger partial charge < -0.3 is 10.1 Å². The van der Waals surface area contributed by atoms with Crippen molar-refractivity contribution in [2.75, 3.05) is 31.0 Å². The van der Waals surface area contributed by atoms with E-state index in [0.717, 1.165) is 30.2 Å². The van der Waals surface area contributed by atoms with Gasteiger partial charge in [0, 0.05) is 19.7 Å². The fourth-order valence-corrected chi connectivity index (χ4v) is 2.07. The molecule has 0 atom stereocenters. The van der Waals surface area contributed by atoms with Gasteiger partial charge in [-0.2, -0.15) is 26.4 Å². The topological polar surface area (TPSA) is 64.3 Å². The van der Waals surface area contributed by atoms with Crippen LogP contribution in [0.25, 0.3) is 5.78 Å². The van der Waals surface area contributed by atoms with Gasteiger partial charge >= 0.3 is 0 Å². The minimum Gasteiger partial charge on any atom is -0.378 e. The van der Waals surface area contributed by atoms with Crippen LogP contribution >= 0.6 is 11.8 Å². The summed E-state index contributed by atoms with van der Waals surface area (Å²) in [4.78, 5) is 8.46. The Hall–Kier alpha value is -1.34. The van der Waals surface area contributed by atoms with Gasteiger partial charge in [-0.05, 0) is 18.4 Å². The first-order valence-electron chi connectivity index (χ1n) is 5.76. The second kappa shape index (κ2) is 6.55. The zero-order valence-corrected chi connectivity index (χ0v) is 11.4. The quantitative estimate of drug-likeness (QED) is 0.766. The molecule has 0 fully saturated rings. The van der Waals surface area contributed by atoms with Crippen molar-refractivity contribution in [2.45, 2.75) is 13.0 Å². The van der Waals surface area contributed by atoms with Crippen LogP contribution in [-0.4, -0.2) is 45.2 Å². The molecular formula is C11H17N5OS. The molecule has 0 unspecified atom stereocenters. The molecule has 2 aromatic rings. The molecule has 2 rings (SSSR count). The normalized spacial score (nSPS) is 11.0. The molecule has 0 aliphatic heterocycles. The lowest BCUT2D eigenvalue weighted by Gasteiger charge is -2.09. The van der Waals surface area contributed by atoms with Gasteiger partial charge in [0.15, 0.2) is 0 Å². The number of nitrogens with zero attached hydrogens (tertiary/aromatic N) is 4. The number of thioether (sulfide) groups is 1. The largest absolute Gasteiger partial charge is 0.378 e. The van der Waals surface area contributed by atoms with E-state index in [4.69, 9.17) is 4.74 Å². The number of anilines is 1. The molecule has 0 spiro atoms. The summed E-state index contributed by atoms with van der Waals surface area (Å²) in [5.74, 6) is 2.64. The summed E-state index contributed by atoms with van der Waals surface area (Å²) in [6.45, 7) is 1.38. The number of aromatic nitrogens is 4. The molecular weight excluding hydrogens is 250 g/mol. The molecule has 0 bridgehead atoms. The lowest BCUT2D eigenvalue weighted by Crippen LogP contribution is -2.09. The lowest BCUT2D eigenvalue weighted by molar-refractivity contribution is 0.181. The molecule has 2 heterocycles. The molecule has 2 aromatic heterocycles. The Balaban J connectivity index is 2.15. The molecule has 0 saturated heterocycles. The van der Waals surface area contributed by atoms with Crippen molar-refractivity contribution in [1.82, 2.24) is 19.6 Å². The summed E-state index contributed by atoms with van der Waals surface area (Å²) in [5, 5.41) is 7.51. The first-order valence-corrected chi connectivity index (χ1v) is 7.16. The predicted octanol–water partition coefficient (Wildman–Crippen LogP) is 1.44. The van der Waals surface area contributed by atoms with Gasteiger partial charge in [0.05, 0.1) is 12.3 Å². The van der Waals surface area contributed by atoms with Crippen LogP contribution in [0.5, 0.6) is 0 Å². The lowest BCUT2D eigenvalue weighted by atomic mass is 10.4. The predicted molar refractivity (Wildman–Crippen MR) is 73.0 cm³/mol. The van der Waals surface area contributed by atoms with Crippen molar-refractivity contribution >= 4 is 23.4 Å². The van der Waals surface area contributed by atoms with Crippen LogP contribution in [0.15, 0.2) is 12.4 Å². The molecule has 0 radical (unpaired) electrons. The zero-order valence-electron chi connectivity index (χ0n) is 10.6. The highest BCUT2D eigenvalue weighted by Crippen LogP contribution is 2.11. The highest BCUT2D eigenvalue weighted by molar-refractivity contribution is 7.98. The van der Waals surface area contributed by atoms with Crippen LogP contribution in [0.3, 0.4) is 0 Å². The van der Waals surface area contributed by atoms with Gasteiger partial charge in [0.1, 0.15) is 12.1 Å². The SMILES string of the molecule is COCc1cc(NCCCSC)n2ncnc2n1. The second-order valence-corrected chi connectivity index (χ2v) is 4.80. The number of fused-ring (bicyclic) bond motifs is 1. The van der Waals surface area contributed by atoms with Crippen LogP contribution in [0.1, 0.15) is 12.1 Å². The average molecular weight is 267 g/mol. The Kier molecular flexibility index (Phi) is 4.77. The smallest absolute Gasteiger partial charge is 0.254 e. The van der Waals surface area contributed by atoms with Gasteiger partial charge in [-0.1, -0.05) is 0 Å². The van der Waals surface area contributed by atoms with Crippen molar-refractivity contribution in [3.63, 3.8) is 0 Å². The number of methoxy groups -OCH3 is 1. The van der Waals surface area contributed by atoms with Crippen molar-refractivity contribution in [2.24, 2.45) is 0 Å². The third-order valence-electron chi connectivity index (χ3n) is 2.43. The third-order valence-corrected chi connectivity index (χ3v) is 3.13. The summed E-state index contributed by atoms with van der Waals surface area (Å²) in [6, 6.07) is 1.95. The Morgan fingerprint density at radius 1 is 1.50 bits per heavy atom. The maximum absolute atomic E-state index is 5.10. The van der Waals surface area contributed by atoms with Gasteiger partial charge in [-0.25, -0.2) is 4.98 Å². The molecule has 98 valence electrons. The van der Waals surface area contributed by atoms with Crippen LogP contribution in [0.2, 0.25) is 0 Å². The Labute approximate surface area is 110 Å². The maximum Gasteiger partial charge on any atom is 0.254 e. The van der Waals surface area contributed by atoms with Crippen LogP contribution < -0.4 is 5.32 Å². The highest BCUT2D eigenvalue weighted by atomic mass is 32.2. The summed E-state index contributed by atoms with van der Waals surface area (Å²) in [6.07, 6.45) is 4.73. The number of ether oxygens (including phenoxy) is 1. The molecule has 0 aromatic carbocycles. The molecule has 18 heavy (non-hydrogen) atoms. The van der Waals surface area contributed by atoms with E-state index in [9.17, 15) is 0 Å². The second-order valence-electron chi connectivity index (χ2n) is 3.81. The maximum atomic E-state index is 5.10. The van der Waals surface area contributed by atoms with Gasteiger partial charge in [-0.15, -0.1) is 0 Å². The monoisotopic (exact) mass is 267 g/mol. The van der Waals surface area contributed by atoms with Crippen LogP contribution in [-0.2, 0) is 11.3 Å². The van der Waals surface area contributed by atoms with Crippen LogP contribution in [0, 0.1) is 0 Å². The first kappa shape index (κ1) is 13.1. The molecule has 0 amide bonds. The molecule has 0 aliphatic carbocycles. The first-order chi connectivity index (χ1) is 8.85. The standard InChI is InChI=1S/C11H17N5OS/c1-17-7-9-6-10(12-4-3-5-18-2)16-11(15-9)13-8-14-16/h6,8,12H,3-5,7H2,1-2H3. The van der Waals surface area contributed by atoms with E-state index in [1.807, 2.05) is 17.8 Å². The van der Waals surface area contributed by atoms with Crippen molar-refractivity contribution in [3.8, 4) is 0 Å². The van der Waals surface area contributed by atoms with Gasteiger partial charge in [-0.3, -0.25) is 0 Å². The van der Waals surface area contributed by atoms with E-state index in [-0.39, 0.29) is 0 Å². The van der Waals surface area contributed by atoms with Crippen molar-refractivity contribution in [1.29, 1.82) is 0 Å². The molecule has 0 saturated carbocycles. The number of nitrogens with one attached hydrogen (secondary N) is 1. The van der Waals surface area contributed by atoms with E-state index in [1.54, 1.807) is 11.6 Å². The van der Waals surface area contributed by atoms with E-state index >= 15 is 0 Å². The number of hydrogen-bond acceptors (Lipinski definition) is 6. The molecule has 6 nitrogen and oxygen atoms in total. The summed E-state index contributed by atoms with van der Waals surface area (Å²) in [7, 11) is 1.65. The highest BCUT2D eigenvalue weighted by Gasteiger charge is 2.06. The van der Waals surface area contributed by atoms with E-state index in [2.05, 4.69) is 26.6 Å². The summed E-state index contributed by atoms with van der Waals surface area (Å²) >= 11 is 1.85. The Morgan fingerprint density at radius 2 is 2.39 bits per heavy atom. The minimum absolute atomic E-state index is 0.475. The van der Waals surface area contributed by atoms with E-state index in [1.165, 1.54) is 6.33 Å². The zero-order chi connectivity index (χ0) is 12.8. The molecule has 1 N–H and O–H groups in total. The van der Waals surface area contributed by atoms with E-state index < -0.39 is 0 Å². The van der Waals surface area contributed by atoms with E-state index in [0.29, 0.717) is 12.4 Å². The number of rotatable bonds is 7. The minimum atomic E-state index is 0.475. The number of hydrogen-bond donors (Lipinski definition) is 1. The molecule has 7 heteroatoms. The van der Waals surface area contributed by atoms with Crippen molar-refractivity contribution in [3.05, 3.63) is 18.1 Å². The fourth-order valence-electron chi connectivity index (χ4n) is 1.64. The van der Waals surface area contributed by atoms with Crippen LogP contribution in [0.4, 0.5) is 5.82 Å². The Bertz CT molecular complexity index is 501.